The number of hydrogen-bond acceptors (Lipinski definition) is 4. The summed E-state index contributed by atoms with van der Waals surface area (Å²) in [6.45, 7) is 1.95. The topological polar surface area (TPSA) is 52.6 Å². The molecule has 1 aromatic carbocycles. The van der Waals surface area contributed by atoms with Crippen LogP contribution in [0.25, 0.3) is 0 Å². The standard InChI is InChI=1S/C13H19ClO4S/c1-3-7-19(15,16)8-6-18-13-9-11(10-14)4-5-12(13)17-2/h4-5,9H,3,6-8,10H2,1-2H3. The fraction of sp³-hybridized carbons (Fsp3) is 0.538. The molecule has 19 heavy (non-hydrogen) atoms. The molecule has 0 N–H and O–H groups in total. The van der Waals surface area contributed by atoms with E-state index in [1.54, 1.807) is 12.1 Å². The monoisotopic (exact) mass is 306 g/mol. The van der Waals surface area contributed by atoms with Gasteiger partial charge in [-0.1, -0.05) is 13.0 Å². The molecule has 0 amide bonds. The van der Waals surface area contributed by atoms with Crippen LogP contribution >= 0.6 is 11.6 Å². The SMILES string of the molecule is CCCS(=O)(=O)CCOc1cc(CCl)ccc1OC. The van der Waals surface area contributed by atoms with Gasteiger partial charge in [0.25, 0.3) is 0 Å². The average Bonchev–Trinajstić information content (AvgIpc) is 2.38. The first-order valence-electron chi connectivity index (χ1n) is 6.08. The molecule has 1 aromatic rings. The maximum absolute atomic E-state index is 11.6. The lowest BCUT2D eigenvalue weighted by atomic mass is 10.2. The summed E-state index contributed by atoms with van der Waals surface area (Å²) in [5, 5.41) is 0. The Morgan fingerprint density at radius 3 is 2.53 bits per heavy atom. The minimum Gasteiger partial charge on any atom is -0.493 e. The molecule has 0 aliphatic heterocycles. The molecular weight excluding hydrogens is 288 g/mol. The highest BCUT2D eigenvalue weighted by Gasteiger charge is 2.11. The highest BCUT2D eigenvalue weighted by Crippen LogP contribution is 2.28. The van der Waals surface area contributed by atoms with E-state index in [-0.39, 0.29) is 18.1 Å². The van der Waals surface area contributed by atoms with Gasteiger partial charge in [0.2, 0.25) is 0 Å². The Kier molecular flexibility index (Phi) is 6.45. The van der Waals surface area contributed by atoms with Gasteiger partial charge in [0.1, 0.15) is 6.61 Å². The Bertz CT molecular complexity index is 499. The van der Waals surface area contributed by atoms with Crippen LogP contribution in [0.5, 0.6) is 11.5 Å². The first-order valence-corrected chi connectivity index (χ1v) is 8.44. The van der Waals surface area contributed by atoms with Crippen LogP contribution in [-0.4, -0.2) is 33.6 Å². The van der Waals surface area contributed by atoms with Gasteiger partial charge in [0.05, 0.1) is 18.6 Å². The van der Waals surface area contributed by atoms with Gasteiger partial charge in [-0.2, -0.15) is 0 Å². The van der Waals surface area contributed by atoms with Gasteiger partial charge in [0, 0.05) is 5.88 Å². The number of methoxy groups -OCH3 is 1. The maximum atomic E-state index is 11.6. The largest absolute Gasteiger partial charge is 0.493 e. The molecule has 0 saturated heterocycles. The molecule has 0 aliphatic carbocycles. The van der Waals surface area contributed by atoms with E-state index < -0.39 is 9.84 Å². The summed E-state index contributed by atoms with van der Waals surface area (Å²) in [4.78, 5) is 0. The molecule has 0 saturated carbocycles. The Hall–Kier alpha value is -0.940. The lowest BCUT2D eigenvalue weighted by Gasteiger charge is -2.11. The van der Waals surface area contributed by atoms with Crippen molar-refractivity contribution in [1.29, 1.82) is 0 Å². The summed E-state index contributed by atoms with van der Waals surface area (Å²) in [5.41, 5.74) is 0.897. The summed E-state index contributed by atoms with van der Waals surface area (Å²) < 4.78 is 33.8. The first-order chi connectivity index (χ1) is 9.02. The maximum Gasteiger partial charge on any atom is 0.161 e. The lowest BCUT2D eigenvalue weighted by Crippen LogP contribution is -2.17. The number of benzene rings is 1. The number of rotatable bonds is 8. The van der Waals surface area contributed by atoms with Gasteiger partial charge in [-0.25, -0.2) is 8.42 Å². The van der Waals surface area contributed by atoms with Gasteiger partial charge >= 0.3 is 0 Å². The normalized spacial score (nSPS) is 11.3. The van der Waals surface area contributed by atoms with Crippen LogP contribution in [0.4, 0.5) is 0 Å². The Morgan fingerprint density at radius 2 is 1.95 bits per heavy atom. The highest BCUT2D eigenvalue weighted by atomic mass is 35.5. The quantitative estimate of drug-likeness (QED) is 0.693. The third kappa shape index (κ3) is 5.28. The van der Waals surface area contributed by atoms with Crippen molar-refractivity contribution in [2.75, 3.05) is 25.2 Å². The molecule has 0 spiro atoms. The molecule has 6 heteroatoms. The van der Waals surface area contributed by atoms with Gasteiger partial charge in [-0.3, -0.25) is 0 Å². The predicted molar refractivity (Wildman–Crippen MR) is 77.0 cm³/mol. The smallest absolute Gasteiger partial charge is 0.161 e. The van der Waals surface area contributed by atoms with Crippen LogP contribution in [0.1, 0.15) is 18.9 Å². The molecule has 0 bridgehead atoms. The number of hydrogen-bond donors (Lipinski definition) is 0. The van der Waals surface area contributed by atoms with E-state index >= 15 is 0 Å². The highest BCUT2D eigenvalue weighted by molar-refractivity contribution is 7.91. The third-order valence-electron chi connectivity index (χ3n) is 2.55. The van der Waals surface area contributed by atoms with Crippen LogP contribution in [0.3, 0.4) is 0 Å². The number of halogens is 1. The van der Waals surface area contributed by atoms with E-state index in [2.05, 4.69) is 0 Å². The van der Waals surface area contributed by atoms with Crippen molar-refractivity contribution < 1.29 is 17.9 Å². The summed E-state index contributed by atoms with van der Waals surface area (Å²) in [6, 6.07) is 5.36. The van der Waals surface area contributed by atoms with Gasteiger partial charge in [-0.05, 0) is 24.1 Å². The molecule has 1 rings (SSSR count). The molecule has 4 nitrogen and oxygen atoms in total. The third-order valence-corrected chi connectivity index (χ3v) is 4.68. The van der Waals surface area contributed by atoms with Crippen molar-refractivity contribution in [3.8, 4) is 11.5 Å². The van der Waals surface area contributed by atoms with E-state index in [9.17, 15) is 8.42 Å². The van der Waals surface area contributed by atoms with E-state index in [0.717, 1.165) is 5.56 Å². The zero-order valence-corrected chi connectivity index (χ0v) is 12.8. The Labute approximate surface area is 119 Å². The van der Waals surface area contributed by atoms with Crippen LogP contribution in [0.2, 0.25) is 0 Å². The Morgan fingerprint density at radius 1 is 1.21 bits per heavy atom. The molecule has 0 unspecified atom stereocenters. The zero-order valence-electron chi connectivity index (χ0n) is 11.2. The second-order valence-corrected chi connectivity index (χ2v) is 6.69. The van der Waals surface area contributed by atoms with Crippen LogP contribution in [-0.2, 0) is 15.7 Å². The van der Waals surface area contributed by atoms with E-state index in [4.69, 9.17) is 21.1 Å². The molecule has 0 aliphatic rings. The summed E-state index contributed by atoms with van der Waals surface area (Å²) >= 11 is 5.75. The molecular formula is C13H19ClO4S. The number of alkyl halides is 1. The fourth-order valence-corrected chi connectivity index (χ4v) is 2.94. The molecule has 108 valence electrons. The predicted octanol–water partition coefficient (Wildman–Crippen LogP) is 2.64. The van der Waals surface area contributed by atoms with E-state index in [1.807, 2.05) is 13.0 Å². The molecule has 0 heterocycles. The van der Waals surface area contributed by atoms with Crippen molar-refractivity contribution in [1.82, 2.24) is 0 Å². The van der Waals surface area contributed by atoms with E-state index in [1.165, 1.54) is 7.11 Å². The summed E-state index contributed by atoms with van der Waals surface area (Å²) in [6.07, 6.45) is 0.618. The average molecular weight is 307 g/mol. The van der Waals surface area contributed by atoms with Gasteiger partial charge < -0.3 is 9.47 Å². The van der Waals surface area contributed by atoms with Gasteiger partial charge in [0.15, 0.2) is 21.3 Å². The second-order valence-electron chi connectivity index (χ2n) is 4.12. The minimum absolute atomic E-state index is 0.00902. The lowest BCUT2D eigenvalue weighted by molar-refractivity contribution is 0.311. The first kappa shape index (κ1) is 16.1. The fourth-order valence-electron chi connectivity index (χ4n) is 1.61. The number of ether oxygens (including phenoxy) is 2. The number of sulfone groups is 1. The minimum atomic E-state index is -3.03. The van der Waals surface area contributed by atoms with Crippen LogP contribution in [0.15, 0.2) is 18.2 Å². The zero-order chi connectivity index (χ0) is 14.3. The van der Waals surface area contributed by atoms with Crippen LogP contribution in [0, 0.1) is 0 Å². The second kappa shape index (κ2) is 7.60. The summed E-state index contributed by atoms with van der Waals surface area (Å²) in [7, 11) is -1.49. The van der Waals surface area contributed by atoms with Crippen LogP contribution < -0.4 is 9.47 Å². The van der Waals surface area contributed by atoms with Gasteiger partial charge in [-0.15, -0.1) is 11.6 Å². The van der Waals surface area contributed by atoms with Crippen molar-refractivity contribution in [3.05, 3.63) is 23.8 Å². The molecule has 0 aromatic heterocycles. The van der Waals surface area contributed by atoms with Crippen molar-refractivity contribution in [2.24, 2.45) is 0 Å². The molecule has 0 atom stereocenters. The summed E-state index contributed by atoms with van der Waals surface area (Å²) in [5.74, 6) is 1.66. The van der Waals surface area contributed by atoms with Crippen molar-refractivity contribution >= 4 is 21.4 Å². The van der Waals surface area contributed by atoms with Crippen molar-refractivity contribution in [2.45, 2.75) is 19.2 Å². The van der Waals surface area contributed by atoms with E-state index in [0.29, 0.717) is 23.8 Å². The Balaban J connectivity index is 2.66. The molecule has 0 fully saturated rings. The van der Waals surface area contributed by atoms with Crippen molar-refractivity contribution in [3.63, 3.8) is 0 Å². The molecule has 0 radical (unpaired) electrons.